The molecule has 0 spiro atoms. The Labute approximate surface area is 187 Å². The first kappa shape index (κ1) is 23.3. The normalized spacial score (nSPS) is 12.0. The second kappa shape index (κ2) is 9.40. The standard InChI is InChI=1S/C22H22ClNO5S2/c1-16-3-10-21(30(25,26)20-11-6-18(23)7-12-20)15-22(16)31(27,28)24-14-13-17-4-8-19(29-2)9-5-17/h3-12,15,24H,13-14H2,1-2H3. The van der Waals surface area contributed by atoms with Gasteiger partial charge in [-0.25, -0.2) is 21.6 Å². The van der Waals surface area contributed by atoms with Gasteiger partial charge in [0.25, 0.3) is 0 Å². The molecule has 0 amide bonds. The Morgan fingerprint density at radius 1 is 0.871 bits per heavy atom. The number of nitrogens with one attached hydrogen (secondary N) is 1. The van der Waals surface area contributed by atoms with E-state index in [0.717, 1.165) is 11.3 Å². The van der Waals surface area contributed by atoms with Crippen molar-refractivity contribution in [1.82, 2.24) is 4.72 Å². The molecular formula is C22H22ClNO5S2. The minimum absolute atomic E-state index is 0.0385. The molecule has 0 saturated carbocycles. The second-order valence-corrected chi connectivity index (χ2v) is 11.0. The number of hydrogen-bond donors (Lipinski definition) is 1. The minimum atomic E-state index is -3.91. The van der Waals surface area contributed by atoms with Crippen LogP contribution in [0, 0.1) is 6.92 Å². The van der Waals surface area contributed by atoms with Gasteiger partial charge in [0.1, 0.15) is 5.75 Å². The zero-order chi connectivity index (χ0) is 22.6. The lowest BCUT2D eigenvalue weighted by molar-refractivity contribution is 0.414. The number of aryl methyl sites for hydroxylation is 1. The molecule has 0 unspecified atom stereocenters. The highest BCUT2D eigenvalue weighted by molar-refractivity contribution is 7.91. The molecule has 164 valence electrons. The quantitative estimate of drug-likeness (QED) is 0.527. The van der Waals surface area contributed by atoms with Gasteiger partial charge in [-0.2, -0.15) is 0 Å². The van der Waals surface area contributed by atoms with Gasteiger partial charge in [-0.05, 0) is 73.0 Å². The molecule has 0 aliphatic rings. The molecule has 3 rings (SSSR count). The molecule has 0 saturated heterocycles. The molecule has 0 aromatic heterocycles. The van der Waals surface area contributed by atoms with Crippen molar-refractivity contribution in [1.29, 1.82) is 0 Å². The van der Waals surface area contributed by atoms with E-state index >= 15 is 0 Å². The number of benzene rings is 3. The van der Waals surface area contributed by atoms with Gasteiger partial charge in [-0.1, -0.05) is 29.8 Å². The highest BCUT2D eigenvalue weighted by Crippen LogP contribution is 2.26. The second-order valence-electron chi connectivity index (χ2n) is 6.88. The monoisotopic (exact) mass is 479 g/mol. The van der Waals surface area contributed by atoms with Gasteiger partial charge in [0, 0.05) is 11.6 Å². The van der Waals surface area contributed by atoms with Crippen molar-refractivity contribution in [3.63, 3.8) is 0 Å². The lowest BCUT2D eigenvalue weighted by Crippen LogP contribution is -2.27. The van der Waals surface area contributed by atoms with E-state index in [-0.39, 0.29) is 21.2 Å². The summed E-state index contributed by atoms with van der Waals surface area (Å²) in [4.78, 5) is -0.134. The lowest BCUT2D eigenvalue weighted by Gasteiger charge is -2.12. The summed E-state index contributed by atoms with van der Waals surface area (Å²) in [5, 5.41) is 0.409. The molecule has 0 radical (unpaired) electrons. The maximum atomic E-state index is 12.9. The van der Waals surface area contributed by atoms with E-state index in [9.17, 15) is 16.8 Å². The van der Waals surface area contributed by atoms with E-state index in [0.29, 0.717) is 17.0 Å². The number of ether oxygens (including phenoxy) is 1. The summed E-state index contributed by atoms with van der Waals surface area (Å²) in [5.41, 5.74) is 1.39. The predicted octanol–water partition coefficient (Wildman–Crippen LogP) is 4.01. The minimum Gasteiger partial charge on any atom is -0.497 e. The lowest BCUT2D eigenvalue weighted by atomic mass is 10.1. The van der Waals surface area contributed by atoms with Crippen LogP contribution in [0.4, 0.5) is 0 Å². The summed E-state index contributed by atoms with van der Waals surface area (Å²) in [6.45, 7) is 1.79. The predicted molar refractivity (Wildman–Crippen MR) is 120 cm³/mol. The van der Waals surface area contributed by atoms with Crippen LogP contribution in [0.25, 0.3) is 0 Å². The highest BCUT2D eigenvalue weighted by atomic mass is 35.5. The van der Waals surface area contributed by atoms with E-state index in [4.69, 9.17) is 16.3 Å². The summed E-state index contributed by atoms with van der Waals surface area (Å²) in [6.07, 6.45) is 0.477. The fourth-order valence-corrected chi connectivity index (χ4v) is 5.77. The Bertz CT molecular complexity index is 1270. The largest absolute Gasteiger partial charge is 0.497 e. The first-order valence-corrected chi connectivity index (χ1v) is 12.7. The van der Waals surface area contributed by atoms with Crippen LogP contribution in [-0.2, 0) is 26.3 Å². The Balaban J connectivity index is 1.81. The van der Waals surface area contributed by atoms with E-state index in [1.807, 2.05) is 12.1 Å². The first-order chi connectivity index (χ1) is 14.6. The summed E-state index contributed by atoms with van der Waals surface area (Å²) in [5.74, 6) is 0.721. The van der Waals surface area contributed by atoms with Crippen molar-refractivity contribution in [2.24, 2.45) is 0 Å². The van der Waals surface area contributed by atoms with Gasteiger partial charge in [0.15, 0.2) is 0 Å². The van der Waals surface area contributed by atoms with Gasteiger partial charge in [0.2, 0.25) is 19.9 Å². The molecular weight excluding hydrogens is 458 g/mol. The average molecular weight is 480 g/mol. The topological polar surface area (TPSA) is 89.5 Å². The van der Waals surface area contributed by atoms with Crippen LogP contribution in [0.3, 0.4) is 0 Å². The van der Waals surface area contributed by atoms with Gasteiger partial charge in [-0.3, -0.25) is 0 Å². The Morgan fingerprint density at radius 3 is 2.10 bits per heavy atom. The molecule has 0 atom stereocenters. The maximum absolute atomic E-state index is 12.9. The van der Waals surface area contributed by atoms with Crippen LogP contribution in [0.1, 0.15) is 11.1 Å². The van der Waals surface area contributed by atoms with Gasteiger partial charge in [0.05, 0.1) is 21.8 Å². The number of sulfone groups is 1. The fraction of sp³-hybridized carbons (Fsp3) is 0.182. The molecule has 0 fully saturated rings. The third kappa shape index (κ3) is 5.46. The summed E-state index contributed by atoms with van der Waals surface area (Å²) < 4.78 is 59.2. The molecule has 9 heteroatoms. The Hall–Kier alpha value is -2.39. The number of sulfonamides is 1. The van der Waals surface area contributed by atoms with Crippen molar-refractivity contribution in [3.05, 3.63) is 82.9 Å². The van der Waals surface area contributed by atoms with Crippen molar-refractivity contribution in [2.75, 3.05) is 13.7 Å². The smallest absolute Gasteiger partial charge is 0.240 e. The van der Waals surface area contributed by atoms with Gasteiger partial charge < -0.3 is 4.74 Å². The van der Waals surface area contributed by atoms with Crippen molar-refractivity contribution >= 4 is 31.5 Å². The van der Waals surface area contributed by atoms with Crippen molar-refractivity contribution < 1.29 is 21.6 Å². The molecule has 6 nitrogen and oxygen atoms in total. The van der Waals surface area contributed by atoms with Crippen LogP contribution in [0.2, 0.25) is 5.02 Å². The summed E-state index contributed by atoms with van der Waals surface area (Å²) in [7, 11) is -6.22. The fourth-order valence-electron chi connectivity index (χ4n) is 2.99. The van der Waals surface area contributed by atoms with E-state index < -0.39 is 19.9 Å². The zero-order valence-corrected chi connectivity index (χ0v) is 19.4. The molecule has 0 bridgehead atoms. The molecule has 3 aromatic carbocycles. The number of halogens is 1. The maximum Gasteiger partial charge on any atom is 0.240 e. The zero-order valence-electron chi connectivity index (χ0n) is 17.0. The summed E-state index contributed by atoms with van der Waals surface area (Å²) >= 11 is 5.83. The van der Waals surface area contributed by atoms with Crippen molar-refractivity contribution in [3.8, 4) is 5.75 Å². The summed E-state index contributed by atoms with van der Waals surface area (Å²) in [6, 6.07) is 17.1. The van der Waals surface area contributed by atoms with E-state index in [1.54, 1.807) is 26.2 Å². The van der Waals surface area contributed by atoms with E-state index in [2.05, 4.69) is 4.72 Å². The highest BCUT2D eigenvalue weighted by Gasteiger charge is 2.23. The van der Waals surface area contributed by atoms with Crippen LogP contribution in [0.15, 0.2) is 81.4 Å². The number of rotatable bonds is 8. The van der Waals surface area contributed by atoms with E-state index in [1.165, 1.54) is 42.5 Å². The van der Waals surface area contributed by atoms with Gasteiger partial charge in [-0.15, -0.1) is 0 Å². The Morgan fingerprint density at radius 2 is 1.48 bits per heavy atom. The molecule has 0 aliphatic heterocycles. The van der Waals surface area contributed by atoms with Crippen LogP contribution < -0.4 is 9.46 Å². The molecule has 0 aliphatic carbocycles. The molecule has 3 aromatic rings. The molecule has 31 heavy (non-hydrogen) atoms. The third-order valence-electron chi connectivity index (χ3n) is 4.75. The number of methoxy groups -OCH3 is 1. The van der Waals surface area contributed by atoms with Crippen LogP contribution in [-0.4, -0.2) is 30.5 Å². The van der Waals surface area contributed by atoms with Crippen LogP contribution in [0.5, 0.6) is 5.75 Å². The van der Waals surface area contributed by atoms with Gasteiger partial charge >= 0.3 is 0 Å². The average Bonchev–Trinajstić information content (AvgIpc) is 2.74. The first-order valence-electron chi connectivity index (χ1n) is 9.37. The number of hydrogen-bond acceptors (Lipinski definition) is 5. The molecule has 1 N–H and O–H groups in total. The SMILES string of the molecule is COc1ccc(CCNS(=O)(=O)c2cc(S(=O)(=O)c3ccc(Cl)cc3)ccc2C)cc1. The van der Waals surface area contributed by atoms with Crippen LogP contribution >= 0.6 is 11.6 Å². The Kier molecular flexibility index (Phi) is 7.06. The molecule has 0 heterocycles. The van der Waals surface area contributed by atoms with Crippen molar-refractivity contribution in [2.45, 2.75) is 28.0 Å². The third-order valence-corrected chi connectivity index (χ3v) is 8.37.